The fraction of sp³-hybridized carbons (Fsp3) is 0.294. The molecule has 2 unspecified atom stereocenters. The number of hydrazine groups is 1. The average Bonchev–Trinajstić information content (AvgIpc) is 3.24. The summed E-state index contributed by atoms with van der Waals surface area (Å²) >= 11 is 0. The van der Waals surface area contributed by atoms with E-state index in [1.807, 2.05) is 0 Å². The van der Waals surface area contributed by atoms with Gasteiger partial charge in [-0.15, -0.1) is 0 Å². The molecule has 2 atom stereocenters. The summed E-state index contributed by atoms with van der Waals surface area (Å²) in [5, 5.41) is 4.85. The van der Waals surface area contributed by atoms with E-state index in [-0.39, 0.29) is 0 Å². The SMILES string of the molecule is c1ccc(CCN2CN2CCc2ccccc2)cc1. The summed E-state index contributed by atoms with van der Waals surface area (Å²) in [6, 6.07) is 21.4. The molecule has 0 bridgehead atoms. The summed E-state index contributed by atoms with van der Waals surface area (Å²) in [6.07, 6.45) is 2.28. The second kappa shape index (κ2) is 6.00. The maximum Gasteiger partial charge on any atom is 0.0787 e. The van der Waals surface area contributed by atoms with Crippen LogP contribution in [0.3, 0.4) is 0 Å². The van der Waals surface area contributed by atoms with E-state index in [0.29, 0.717) is 0 Å². The highest BCUT2D eigenvalue weighted by atomic mass is 15.8. The van der Waals surface area contributed by atoms with Crippen molar-refractivity contribution in [3.05, 3.63) is 71.8 Å². The van der Waals surface area contributed by atoms with Gasteiger partial charge in [0, 0.05) is 13.1 Å². The lowest BCUT2D eigenvalue weighted by molar-refractivity contribution is 0.311. The first-order valence-electron chi connectivity index (χ1n) is 6.99. The van der Waals surface area contributed by atoms with Crippen molar-refractivity contribution in [2.24, 2.45) is 0 Å². The Morgan fingerprint density at radius 3 is 1.47 bits per heavy atom. The number of nitrogens with zero attached hydrogens (tertiary/aromatic N) is 2. The highest BCUT2D eigenvalue weighted by Gasteiger charge is 2.29. The Balaban J connectivity index is 1.38. The zero-order valence-corrected chi connectivity index (χ0v) is 11.2. The number of rotatable bonds is 6. The molecule has 0 aliphatic carbocycles. The summed E-state index contributed by atoms with van der Waals surface area (Å²) in [5.41, 5.74) is 2.86. The smallest absolute Gasteiger partial charge is 0.0787 e. The first-order valence-corrected chi connectivity index (χ1v) is 6.99. The second-order valence-electron chi connectivity index (χ2n) is 5.07. The third-order valence-electron chi connectivity index (χ3n) is 3.64. The van der Waals surface area contributed by atoms with Crippen LogP contribution in [-0.2, 0) is 12.8 Å². The van der Waals surface area contributed by atoms with Crippen LogP contribution in [-0.4, -0.2) is 29.8 Å². The Kier molecular flexibility index (Phi) is 3.92. The molecule has 19 heavy (non-hydrogen) atoms. The summed E-state index contributed by atoms with van der Waals surface area (Å²) in [4.78, 5) is 0. The minimum absolute atomic E-state index is 1.12. The third-order valence-corrected chi connectivity index (χ3v) is 3.64. The molecule has 0 saturated carbocycles. The van der Waals surface area contributed by atoms with Gasteiger partial charge in [-0.3, -0.25) is 0 Å². The van der Waals surface area contributed by atoms with Gasteiger partial charge in [0.15, 0.2) is 0 Å². The van der Waals surface area contributed by atoms with Crippen molar-refractivity contribution in [3.8, 4) is 0 Å². The molecule has 3 rings (SSSR count). The zero-order valence-electron chi connectivity index (χ0n) is 11.2. The van der Waals surface area contributed by atoms with E-state index in [0.717, 1.165) is 32.6 Å². The molecule has 0 N–H and O–H groups in total. The number of hydrogen-bond acceptors (Lipinski definition) is 2. The van der Waals surface area contributed by atoms with Crippen molar-refractivity contribution in [2.45, 2.75) is 12.8 Å². The van der Waals surface area contributed by atoms with E-state index < -0.39 is 0 Å². The maximum absolute atomic E-state index is 2.43. The van der Waals surface area contributed by atoms with Gasteiger partial charge in [-0.2, -0.15) is 0 Å². The van der Waals surface area contributed by atoms with Crippen LogP contribution in [0.2, 0.25) is 0 Å². The molecule has 98 valence electrons. The fourth-order valence-corrected chi connectivity index (χ4v) is 2.39. The van der Waals surface area contributed by atoms with Crippen molar-refractivity contribution < 1.29 is 0 Å². The van der Waals surface area contributed by atoms with Gasteiger partial charge in [0.05, 0.1) is 6.67 Å². The molecule has 0 spiro atoms. The van der Waals surface area contributed by atoms with Crippen molar-refractivity contribution in [3.63, 3.8) is 0 Å². The van der Waals surface area contributed by atoms with Crippen LogP contribution < -0.4 is 0 Å². The normalized spacial score (nSPS) is 21.3. The highest BCUT2D eigenvalue weighted by Crippen LogP contribution is 2.16. The Morgan fingerprint density at radius 2 is 1.05 bits per heavy atom. The van der Waals surface area contributed by atoms with E-state index in [2.05, 4.69) is 70.7 Å². The van der Waals surface area contributed by atoms with E-state index in [1.54, 1.807) is 0 Å². The molecule has 0 amide bonds. The molecule has 1 aliphatic rings. The number of hydrogen-bond donors (Lipinski definition) is 0. The lowest BCUT2D eigenvalue weighted by Crippen LogP contribution is -2.13. The van der Waals surface area contributed by atoms with E-state index >= 15 is 0 Å². The van der Waals surface area contributed by atoms with Crippen molar-refractivity contribution in [2.75, 3.05) is 19.8 Å². The predicted octanol–water partition coefficient (Wildman–Crippen LogP) is 2.96. The van der Waals surface area contributed by atoms with Gasteiger partial charge < -0.3 is 0 Å². The van der Waals surface area contributed by atoms with Crippen LogP contribution >= 0.6 is 0 Å². The monoisotopic (exact) mass is 252 g/mol. The Labute approximate surface area is 115 Å². The molecule has 1 aliphatic heterocycles. The molecule has 0 aromatic heterocycles. The van der Waals surface area contributed by atoms with E-state index in [4.69, 9.17) is 0 Å². The molecular formula is C17H20N2. The molecule has 2 heteroatoms. The van der Waals surface area contributed by atoms with E-state index in [1.165, 1.54) is 11.1 Å². The summed E-state index contributed by atoms with van der Waals surface area (Å²) < 4.78 is 0. The largest absolute Gasteiger partial charge is 0.225 e. The minimum Gasteiger partial charge on any atom is -0.225 e. The molecule has 2 nitrogen and oxygen atoms in total. The molecule has 2 aromatic carbocycles. The van der Waals surface area contributed by atoms with Crippen LogP contribution in [0.25, 0.3) is 0 Å². The van der Waals surface area contributed by atoms with Crippen LogP contribution in [0.15, 0.2) is 60.7 Å². The van der Waals surface area contributed by atoms with Crippen molar-refractivity contribution >= 4 is 0 Å². The zero-order chi connectivity index (χ0) is 12.9. The van der Waals surface area contributed by atoms with Gasteiger partial charge in [-0.05, 0) is 24.0 Å². The van der Waals surface area contributed by atoms with Crippen LogP contribution in [0.5, 0.6) is 0 Å². The first-order chi connectivity index (χ1) is 9.42. The van der Waals surface area contributed by atoms with Gasteiger partial charge in [-0.1, -0.05) is 60.7 Å². The topological polar surface area (TPSA) is 6.02 Å². The molecule has 1 fully saturated rings. The van der Waals surface area contributed by atoms with Crippen LogP contribution in [0, 0.1) is 0 Å². The Bertz CT molecular complexity index is 448. The Morgan fingerprint density at radius 1 is 0.632 bits per heavy atom. The number of benzene rings is 2. The van der Waals surface area contributed by atoms with Gasteiger partial charge in [-0.25, -0.2) is 10.0 Å². The van der Waals surface area contributed by atoms with Gasteiger partial charge in [0.25, 0.3) is 0 Å². The highest BCUT2D eigenvalue weighted by molar-refractivity contribution is 5.16. The molecular weight excluding hydrogens is 232 g/mol. The van der Waals surface area contributed by atoms with Gasteiger partial charge in [0.2, 0.25) is 0 Å². The summed E-state index contributed by atoms with van der Waals surface area (Å²) in [7, 11) is 0. The second-order valence-corrected chi connectivity index (χ2v) is 5.07. The summed E-state index contributed by atoms with van der Waals surface area (Å²) in [5.74, 6) is 0. The van der Waals surface area contributed by atoms with Crippen molar-refractivity contribution in [1.29, 1.82) is 0 Å². The van der Waals surface area contributed by atoms with Gasteiger partial charge >= 0.3 is 0 Å². The standard InChI is InChI=1S/C17H20N2/c1-3-7-16(8-4-1)11-13-18-15-19(18)14-12-17-9-5-2-6-10-17/h1-10H,11-15H2. The quantitative estimate of drug-likeness (QED) is 0.729. The molecule has 1 saturated heterocycles. The predicted molar refractivity (Wildman–Crippen MR) is 78.6 cm³/mol. The fourth-order valence-electron chi connectivity index (χ4n) is 2.39. The average molecular weight is 252 g/mol. The maximum atomic E-state index is 2.43. The molecule has 0 radical (unpaired) electrons. The first kappa shape index (κ1) is 12.4. The van der Waals surface area contributed by atoms with Crippen LogP contribution in [0.4, 0.5) is 0 Å². The molecule has 1 heterocycles. The summed E-state index contributed by atoms with van der Waals surface area (Å²) in [6.45, 7) is 3.40. The van der Waals surface area contributed by atoms with Gasteiger partial charge in [0.1, 0.15) is 0 Å². The lowest BCUT2D eigenvalue weighted by atomic mass is 10.1. The van der Waals surface area contributed by atoms with Crippen LogP contribution in [0.1, 0.15) is 11.1 Å². The minimum atomic E-state index is 1.12. The Hall–Kier alpha value is -1.64. The van der Waals surface area contributed by atoms with E-state index in [9.17, 15) is 0 Å². The third kappa shape index (κ3) is 3.66. The lowest BCUT2D eigenvalue weighted by Gasteiger charge is -2.05. The van der Waals surface area contributed by atoms with Crippen molar-refractivity contribution in [1.82, 2.24) is 10.0 Å². The molecule has 2 aromatic rings.